The van der Waals surface area contributed by atoms with Gasteiger partial charge in [-0.3, -0.25) is 19.3 Å². The second-order valence-electron chi connectivity index (χ2n) is 12.0. The molecule has 6 heteroatoms. The maximum atomic E-state index is 13.6. The van der Waals surface area contributed by atoms with Gasteiger partial charge in [0.05, 0.1) is 30.4 Å². The summed E-state index contributed by atoms with van der Waals surface area (Å²) in [5.41, 5.74) is 0.0547. The summed E-state index contributed by atoms with van der Waals surface area (Å²) in [6.45, 7) is 8.44. The molecule has 8 atom stereocenters. The van der Waals surface area contributed by atoms with Gasteiger partial charge in [0.15, 0.2) is 0 Å². The molecular formula is C26H37NO5. The van der Waals surface area contributed by atoms with Crippen molar-refractivity contribution in [3.8, 4) is 0 Å². The van der Waals surface area contributed by atoms with E-state index in [2.05, 4.69) is 26.8 Å². The van der Waals surface area contributed by atoms with Gasteiger partial charge in [-0.2, -0.15) is 0 Å². The van der Waals surface area contributed by atoms with Crippen LogP contribution in [0, 0.1) is 51.8 Å². The summed E-state index contributed by atoms with van der Waals surface area (Å²) >= 11 is 0. The molecule has 3 saturated carbocycles. The molecule has 1 heterocycles. The number of likely N-dealkylation sites (tertiary alicyclic amines) is 1. The number of carboxylic acid groups (broad SMARTS) is 1. The van der Waals surface area contributed by atoms with Crippen LogP contribution in [0.4, 0.5) is 0 Å². The van der Waals surface area contributed by atoms with Gasteiger partial charge in [-0.1, -0.05) is 38.8 Å². The zero-order chi connectivity index (χ0) is 23.2. The number of hydrogen-bond donors (Lipinski definition) is 2. The fourth-order valence-corrected chi connectivity index (χ4v) is 9.34. The summed E-state index contributed by atoms with van der Waals surface area (Å²) in [4.78, 5) is 40.7. The molecule has 32 heavy (non-hydrogen) atoms. The number of aliphatic hydroxyl groups excluding tert-OH is 1. The molecule has 0 aromatic heterocycles. The minimum absolute atomic E-state index is 0.0422. The molecule has 4 fully saturated rings. The second kappa shape index (κ2) is 6.91. The van der Waals surface area contributed by atoms with E-state index in [0.717, 1.165) is 32.1 Å². The van der Waals surface area contributed by atoms with Crippen molar-refractivity contribution >= 4 is 17.8 Å². The molecule has 2 N–H and O–H groups in total. The van der Waals surface area contributed by atoms with E-state index in [1.165, 1.54) is 10.5 Å². The van der Waals surface area contributed by atoms with Gasteiger partial charge >= 0.3 is 5.97 Å². The largest absolute Gasteiger partial charge is 0.481 e. The quantitative estimate of drug-likeness (QED) is 0.512. The van der Waals surface area contributed by atoms with E-state index >= 15 is 0 Å². The van der Waals surface area contributed by atoms with Crippen LogP contribution >= 0.6 is 0 Å². The predicted molar refractivity (Wildman–Crippen MR) is 118 cm³/mol. The Balaban J connectivity index is 1.65. The number of rotatable bonds is 4. The molecule has 176 valence electrons. The van der Waals surface area contributed by atoms with Gasteiger partial charge < -0.3 is 10.2 Å². The van der Waals surface area contributed by atoms with E-state index in [1.807, 2.05) is 6.92 Å². The van der Waals surface area contributed by atoms with Crippen LogP contribution in [-0.2, 0) is 14.4 Å². The van der Waals surface area contributed by atoms with Crippen molar-refractivity contribution in [2.75, 3.05) is 13.2 Å². The summed E-state index contributed by atoms with van der Waals surface area (Å²) in [5, 5.41) is 19.7. The van der Waals surface area contributed by atoms with Gasteiger partial charge in [0.1, 0.15) is 0 Å². The third kappa shape index (κ3) is 2.48. The van der Waals surface area contributed by atoms with Gasteiger partial charge in [0, 0.05) is 5.41 Å². The highest BCUT2D eigenvalue weighted by Crippen LogP contribution is 2.74. The lowest BCUT2D eigenvalue weighted by Crippen LogP contribution is -2.65. The molecular weight excluding hydrogens is 406 g/mol. The minimum Gasteiger partial charge on any atom is -0.481 e. The third-order valence-corrected chi connectivity index (χ3v) is 10.6. The number of aliphatic hydroxyl groups is 1. The van der Waals surface area contributed by atoms with Crippen LogP contribution in [-0.4, -0.2) is 46.0 Å². The zero-order valence-electron chi connectivity index (χ0n) is 19.8. The number of allylic oxidation sites excluding steroid dienone is 2. The molecule has 6 aliphatic rings. The van der Waals surface area contributed by atoms with Crippen molar-refractivity contribution in [2.24, 2.45) is 51.8 Å². The number of carbonyl (C=O) groups excluding carboxylic acids is 2. The van der Waals surface area contributed by atoms with Crippen LogP contribution < -0.4 is 0 Å². The Morgan fingerprint density at radius 1 is 1.16 bits per heavy atom. The summed E-state index contributed by atoms with van der Waals surface area (Å²) in [7, 11) is 0. The molecule has 1 spiro atoms. The fraction of sp³-hybridized carbons (Fsp3) is 0.808. The molecule has 2 bridgehead atoms. The normalized spacial score (nSPS) is 47.2. The first-order valence-corrected chi connectivity index (χ1v) is 12.4. The SMILES string of the molecule is CC(C)C1=C[C@]23CC[C@H]4[C@](C)(CCC[C@@]4(C)C(=O)O)[C@@H]2C[C@H]1[C@H]1C(=O)N(CCO)C(=O)[C@H]13. The zero-order valence-corrected chi connectivity index (χ0v) is 19.8. The van der Waals surface area contributed by atoms with Gasteiger partial charge in [0.25, 0.3) is 0 Å². The van der Waals surface area contributed by atoms with Crippen LogP contribution in [0.5, 0.6) is 0 Å². The summed E-state index contributed by atoms with van der Waals surface area (Å²) in [6.07, 6.45) is 7.42. The van der Waals surface area contributed by atoms with Gasteiger partial charge in [-0.15, -0.1) is 0 Å². The van der Waals surface area contributed by atoms with E-state index in [4.69, 9.17) is 0 Å². The van der Waals surface area contributed by atoms with Crippen molar-refractivity contribution in [3.05, 3.63) is 11.6 Å². The smallest absolute Gasteiger partial charge is 0.309 e. The highest BCUT2D eigenvalue weighted by molar-refractivity contribution is 6.06. The molecule has 6 rings (SSSR count). The lowest BCUT2D eigenvalue weighted by molar-refractivity contribution is -0.194. The third-order valence-electron chi connectivity index (χ3n) is 10.6. The molecule has 0 aromatic carbocycles. The Morgan fingerprint density at radius 3 is 2.50 bits per heavy atom. The molecule has 2 amide bonds. The monoisotopic (exact) mass is 443 g/mol. The predicted octanol–water partition coefficient (Wildman–Crippen LogP) is 3.49. The number of amides is 2. The van der Waals surface area contributed by atoms with Crippen LogP contribution in [0.15, 0.2) is 11.6 Å². The molecule has 1 saturated heterocycles. The van der Waals surface area contributed by atoms with E-state index in [9.17, 15) is 24.6 Å². The lowest BCUT2D eigenvalue weighted by atomic mass is 9.34. The lowest BCUT2D eigenvalue weighted by Gasteiger charge is -2.68. The molecule has 5 aliphatic carbocycles. The summed E-state index contributed by atoms with van der Waals surface area (Å²) < 4.78 is 0. The van der Waals surface area contributed by atoms with E-state index in [1.54, 1.807) is 0 Å². The fourth-order valence-electron chi connectivity index (χ4n) is 9.34. The van der Waals surface area contributed by atoms with Crippen LogP contribution in [0.2, 0.25) is 0 Å². The Morgan fingerprint density at radius 2 is 1.88 bits per heavy atom. The number of fused-ring (bicyclic) bond motifs is 1. The van der Waals surface area contributed by atoms with Crippen molar-refractivity contribution in [2.45, 2.75) is 66.2 Å². The Labute approximate surface area is 190 Å². The Kier molecular flexibility index (Phi) is 4.78. The minimum atomic E-state index is -0.728. The number of carbonyl (C=O) groups is 3. The molecule has 6 nitrogen and oxygen atoms in total. The Hall–Kier alpha value is -1.69. The van der Waals surface area contributed by atoms with Gasteiger partial charge in [0.2, 0.25) is 11.8 Å². The van der Waals surface area contributed by atoms with Crippen LogP contribution in [0.1, 0.15) is 66.2 Å². The number of nitrogens with zero attached hydrogens (tertiary/aromatic N) is 1. The molecule has 0 unspecified atom stereocenters. The topological polar surface area (TPSA) is 94.9 Å². The molecule has 0 radical (unpaired) electrons. The first-order valence-electron chi connectivity index (χ1n) is 12.4. The molecule has 1 aliphatic heterocycles. The van der Waals surface area contributed by atoms with Crippen molar-refractivity contribution in [1.29, 1.82) is 0 Å². The van der Waals surface area contributed by atoms with Crippen LogP contribution in [0.3, 0.4) is 0 Å². The number of imide groups is 1. The molecule has 0 aromatic rings. The number of carboxylic acids is 1. The standard InChI is InChI=1S/C26H37NO5/c1-14(2)16-13-26-9-6-17-24(3,7-5-8-25(17,4)23(31)32)18(26)12-15(16)19-20(26)22(30)27(10-11-28)21(19)29/h13-15,17-20,28H,5-12H2,1-4H3,(H,31,32)/t15-,17+,18+,19-,20+,24+,25-,26-/m1/s1. The highest BCUT2D eigenvalue weighted by Gasteiger charge is 2.73. The van der Waals surface area contributed by atoms with E-state index in [0.29, 0.717) is 12.3 Å². The number of β-amino-alcohol motifs (C(OH)–C–C–N with tert-alkyl or cyclic N) is 1. The van der Waals surface area contributed by atoms with E-state index < -0.39 is 11.4 Å². The maximum absolute atomic E-state index is 13.6. The summed E-state index contributed by atoms with van der Waals surface area (Å²) in [6, 6.07) is 0. The average Bonchev–Trinajstić information content (AvgIpc) is 3.00. The van der Waals surface area contributed by atoms with Crippen molar-refractivity contribution in [3.63, 3.8) is 0 Å². The number of aliphatic carboxylic acids is 1. The maximum Gasteiger partial charge on any atom is 0.309 e. The Bertz CT molecular complexity index is 910. The van der Waals surface area contributed by atoms with Gasteiger partial charge in [-0.05, 0) is 68.1 Å². The number of hydrogen-bond acceptors (Lipinski definition) is 4. The average molecular weight is 444 g/mol. The van der Waals surface area contributed by atoms with Crippen molar-refractivity contribution < 1.29 is 24.6 Å². The van der Waals surface area contributed by atoms with Crippen LogP contribution in [0.25, 0.3) is 0 Å². The summed E-state index contributed by atoms with van der Waals surface area (Å²) in [5.74, 6) is -0.918. The second-order valence-corrected chi connectivity index (χ2v) is 12.0. The first-order chi connectivity index (χ1) is 15.0. The highest BCUT2D eigenvalue weighted by atomic mass is 16.4. The first kappa shape index (κ1) is 22.1. The van der Waals surface area contributed by atoms with Crippen molar-refractivity contribution in [1.82, 2.24) is 4.90 Å². The van der Waals surface area contributed by atoms with E-state index in [-0.39, 0.29) is 65.4 Å². The van der Waals surface area contributed by atoms with Gasteiger partial charge in [-0.25, -0.2) is 0 Å².